The van der Waals surface area contributed by atoms with E-state index in [-0.39, 0.29) is 15.4 Å². The summed E-state index contributed by atoms with van der Waals surface area (Å²) in [6, 6.07) is 10.5. The van der Waals surface area contributed by atoms with Crippen LogP contribution in [0.3, 0.4) is 0 Å². The third-order valence-electron chi connectivity index (χ3n) is 5.11. The Labute approximate surface area is 167 Å². The summed E-state index contributed by atoms with van der Waals surface area (Å²) in [7, 11) is 1.52. The van der Waals surface area contributed by atoms with E-state index in [9.17, 15) is 13.2 Å². The van der Waals surface area contributed by atoms with Crippen molar-refractivity contribution in [2.45, 2.75) is 51.9 Å². The monoisotopic (exact) mass is 412 g/mol. The van der Waals surface area contributed by atoms with Crippen molar-refractivity contribution in [2.75, 3.05) is 13.9 Å². The Bertz CT molecular complexity index is 799. The highest BCUT2D eigenvalue weighted by Crippen LogP contribution is 2.51. The second kappa shape index (κ2) is 9.28. The van der Waals surface area contributed by atoms with Crippen molar-refractivity contribution in [3.8, 4) is 5.75 Å². The van der Waals surface area contributed by atoms with Gasteiger partial charge in [-0.25, -0.2) is 0 Å². The van der Waals surface area contributed by atoms with Gasteiger partial charge in [0.2, 0.25) is 0 Å². The second-order valence-corrected chi connectivity index (χ2v) is 8.71. The van der Waals surface area contributed by atoms with Crippen LogP contribution in [-0.4, -0.2) is 13.9 Å². The van der Waals surface area contributed by atoms with Crippen molar-refractivity contribution >= 4 is 13.9 Å². The summed E-state index contributed by atoms with van der Waals surface area (Å²) in [5.41, 5.74) is 1.97. The van der Waals surface area contributed by atoms with E-state index in [0.29, 0.717) is 29.5 Å². The molecule has 0 radical (unpaired) electrons. The first-order chi connectivity index (χ1) is 13.2. The molecule has 0 fully saturated rings. The van der Waals surface area contributed by atoms with Gasteiger partial charge in [-0.2, -0.15) is 13.2 Å². The Morgan fingerprint density at radius 1 is 0.964 bits per heavy atom. The highest BCUT2D eigenvalue weighted by atomic mass is 31.1. The van der Waals surface area contributed by atoms with Gasteiger partial charge in [0.15, 0.2) is 6.79 Å². The van der Waals surface area contributed by atoms with Gasteiger partial charge in [0.1, 0.15) is 5.75 Å². The van der Waals surface area contributed by atoms with Crippen LogP contribution >= 0.6 is 8.58 Å². The summed E-state index contributed by atoms with van der Waals surface area (Å²) in [6.45, 7) is 7.79. The fourth-order valence-corrected chi connectivity index (χ4v) is 5.19. The molecule has 0 bridgehead atoms. The summed E-state index contributed by atoms with van der Waals surface area (Å²) in [6.07, 6.45) is -2.95. The Kier molecular flexibility index (Phi) is 7.52. The van der Waals surface area contributed by atoms with Crippen molar-refractivity contribution in [1.82, 2.24) is 0 Å². The number of alkyl halides is 3. The van der Waals surface area contributed by atoms with Gasteiger partial charge in [-0.1, -0.05) is 58.3 Å². The minimum Gasteiger partial charge on any atom is -0.467 e. The van der Waals surface area contributed by atoms with E-state index in [4.69, 9.17) is 9.47 Å². The number of aryl methyl sites for hydroxylation is 2. The molecule has 2 aromatic carbocycles. The number of methoxy groups -OCH3 is 1. The van der Waals surface area contributed by atoms with Crippen LogP contribution in [0.15, 0.2) is 36.4 Å². The SMILES string of the molecule is CCC(CC)(Pc1ccc(C)cc1C(F)(F)F)c1cccc(C)c1OCOC. The molecule has 2 nitrogen and oxygen atoms in total. The summed E-state index contributed by atoms with van der Waals surface area (Å²) in [5.74, 6) is 0.709. The van der Waals surface area contributed by atoms with Crippen molar-refractivity contribution < 1.29 is 22.6 Å². The van der Waals surface area contributed by atoms with Crippen molar-refractivity contribution in [2.24, 2.45) is 0 Å². The van der Waals surface area contributed by atoms with E-state index in [1.165, 1.54) is 6.07 Å². The average molecular weight is 412 g/mol. The van der Waals surface area contributed by atoms with Gasteiger partial charge < -0.3 is 9.47 Å². The summed E-state index contributed by atoms with van der Waals surface area (Å²) >= 11 is 0. The van der Waals surface area contributed by atoms with E-state index < -0.39 is 16.9 Å². The minimum absolute atomic E-state index is 0.0309. The summed E-state index contributed by atoms with van der Waals surface area (Å²) < 4.78 is 52.0. The second-order valence-electron chi connectivity index (χ2n) is 6.96. The van der Waals surface area contributed by atoms with E-state index in [1.54, 1.807) is 26.2 Å². The third-order valence-corrected chi connectivity index (χ3v) is 7.27. The molecule has 0 aromatic heterocycles. The fourth-order valence-electron chi connectivity index (χ4n) is 3.47. The molecule has 0 aliphatic carbocycles. The topological polar surface area (TPSA) is 18.5 Å². The Hall–Kier alpha value is -1.58. The molecule has 2 rings (SSSR count). The predicted octanol–water partition coefficient (Wildman–Crippen LogP) is 6.32. The summed E-state index contributed by atoms with van der Waals surface area (Å²) in [4.78, 5) is 0. The predicted molar refractivity (Wildman–Crippen MR) is 110 cm³/mol. The molecule has 28 heavy (non-hydrogen) atoms. The third kappa shape index (κ3) is 4.87. The molecular formula is C22H28F3O2P. The number of ether oxygens (including phenoxy) is 2. The van der Waals surface area contributed by atoms with E-state index in [1.807, 2.05) is 39.0 Å². The molecule has 0 saturated heterocycles. The van der Waals surface area contributed by atoms with Gasteiger partial charge >= 0.3 is 6.18 Å². The van der Waals surface area contributed by atoms with Gasteiger partial charge in [-0.3, -0.25) is 0 Å². The van der Waals surface area contributed by atoms with E-state index in [2.05, 4.69) is 0 Å². The van der Waals surface area contributed by atoms with Crippen LogP contribution in [0.4, 0.5) is 13.2 Å². The van der Waals surface area contributed by atoms with Gasteiger partial charge in [-0.15, -0.1) is 0 Å². The Morgan fingerprint density at radius 3 is 2.21 bits per heavy atom. The number of benzene rings is 2. The normalized spacial score (nSPS) is 12.7. The van der Waals surface area contributed by atoms with Crippen LogP contribution in [0.5, 0.6) is 5.75 Å². The smallest absolute Gasteiger partial charge is 0.417 e. The highest BCUT2D eigenvalue weighted by Gasteiger charge is 2.38. The zero-order valence-corrected chi connectivity index (χ0v) is 18.0. The number of para-hydroxylation sites is 1. The van der Waals surface area contributed by atoms with E-state index >= 15 is 0 Å². The molecule has 0 N–H and O–H groups in total. The quantitative estimate of drug-likeness (QED) is 0.373. The first kappa shape index (κ1) is 22.7. The van der Waals surface area contributed by atoms with Crippen LogP contribution in [0.1, 0.15) is 48.9 Å². The molecular weight excluding hydrogens is 384 g/mol. The molecule has 0 aliphatic rings. The van der Waals surface area contributed by atoms with Gasteiger partial charge in [0.05, 0.1) is 5.56 Å². The lowest BCUT2D eigenvalue weighted by atomic mass is 9.90. The van der Waals surface area contributed by atoms with Gasteiger partial charge in [0, 0.05) is 17.8 Å². The first-order valence-electron chi connectivity index (χ1n) is 9.36. The highest BCUT2D eigenvalue weighted by molar-refractivity contribution is 7.48. The van der Waals surface area contributed by atoms with Crippen LogP contribution in [0.25, 0.3) is 0 Å². The largest absolute Gasteiger partial charge is 0.467 e. The maximum atomic E-state index is 13.7. The molecule has 2 aromatic rings. The molecule has 0 amide bonds. The maximum Gasteiger partial charge on any atom is 0.417 e. The number of halogens is 3. The Morgan fingerprint density at radius 2 is 1.64 bits per heavy atom. The lowest BCUT2D eigenvalue weighted by Crippen LogP contribution is -2.26. The Balaban J connectivity index is 2.60. The average Bonchev–Trinajstić information content (AvgIpc) is 2.65. The van der Waals surface area contributed by atoms with Crippen molar-refractivity contribution in [1.29, 1.82) is 0 Å². The first-order valence-corrected chi connectivity index (χ1v) is 10.4. The molecule has 154 valence electrons. The summed E-state index contributed by atoms with van der Waals surface area (Å²) in [5, 5.41) is -0.0920. The van der Waals surface area contributed by atoms with Crippen molar-refractivity contribution in [3.63, 3.8) is 0 Å². The lowest BCUT2D eigenvalue weighted by molar-refractivity contribution is -0.136. The maximum absolute atomic E-state index is 13.7. The van der Waals surface area contributed by atoms with Gasteiger partial charge in [0.25, 0.3) is 0 Å². The number of rotatable bonds is 8. The van der Waals surface area contributed by atoms with Crippen molar-refractivity contribution in [3.05, 3.63) is 58.7 Å². The molecule has 1 atom stereocenters. The molecule has 0 heterocycles. The zero-order valence-electron chi connectivity index (χ0n) is 17.0. The molecule has 0 saturated carbocycles. The number of hydrogen-bond acceptors (Lipinski definition) is 2. The minimum atomic E-state index is -4.37. The van der Waals surface area contributed by atoms with Crippen LogP contribution in [-0.2, 0) is 16.1 Å². The molecule has 1 unspecified atom stereocenters. The standard InChI is InChI=1S/C22H28F3O2P/c1-6-21(7-2,17-10-8-9-16(4)20(17)27-14-26-5)28-19-12-11-15(3)13-18(19)22(23,24)25/h8-13,28H,6-7,14H2,1-5H3. The van der Waals surface area contributed by atoms with Crippen LogP contribution < -0.4 is 10.0 Å². The fraction of sp³-hybridized carbons (Fsp3) is 0.455. The zero-order chi connectivity index (χ0) is 20.9. The van der Waals surface area contributed by atoms with Crippen LogP contribution in [0, 0.1) is 13.8 Å². The lowest BCUT2D eigenvalue weighted by Gasteiger charge is -2.35. The van der Waals surface area contributed by atoms with Crippen LogP contribution in [0.2, 0.25) is 0 Å². The number of hydrogen-bond donors (Lipinski definition) is 0. The van der Waals surface area contributed by atoms with Gasteiger partial charge in [-0.05, 0) is 43.6 Å². The molecule has 0 spiro atoms. The van der Waals surface area contributed by atoms with E-state index in [0.717, 1.165) is 11.1 Å². The molecule has 0 aliphatic heterocycles. The molecule has 6 heteroatoms.